The molecule has 1 unspecified atom stereocenters. The maximum absolute atomic E-state index is 13.4. The van der Waals surface area contributed by atoms with Gasteiger partial charge in [0.25, 0.3) is 0 Å². The van der Waals surface area contributed by atoms with Gasteiger partial charge in [0.15, 0.2) is 17.3 Å². The van der Waals surface area contributed by atoms with Crippen molar-refractivity contribution >= 4 is 33.4 Å². The maximum atomic E-state index is 13.4. The highest BCUT2D eigenvalue weighted by Crippen LogP contribution is 2.49. The summed E-state index contributed by atoms with van der Waals surface area (Å²) in [5, 5.41) is 10.3. The van der Waals surface area contributed by atoms with E-state index >= 15 is 0 Å². The number of aromatic hydroxyl groups is 1. The third-order valence-corrected chi connectivity index (χ3v) is 7.23. The van der Waals surface area contributed by atoms with E-state index in [9.17, 15) is 14.7 Å². The molecule has 0 aromatic heterocycles. The number of methoxy groups -OCH3 is 1. The van der Waals surface area contributed by atoms with Crippen LogP contribution in [0, 0.1) is 11.3 Å². The number of halogens is 1. The molecule has 3 atom stereocenters. The van der Waals surface area contributed by atoms with Gasteiger partial charge in [-0.3, -0.25) is 14.6 Å². The number of esters is 1. The van der Waals surface area contributed by atoms with Gasteiger partial charge in [-0.25, -0.2) is 0 Å². The number of ether oxygens (including phenoxy) is 3. The van der Waals surface area contributed by atoms with Crippen molar-refractivity contribution in [3.8, 4) is 11.5 Å². The molecule has 1 aliphatic carbocycles. The predicted molar refractivity (Wildman–Crippen MR) is 127 cm³/mol. The Labute approximate surface area is 202 Å². The van der Waals surface area contributed by atoms with Gasteiger partial charge in [0, 0.05) is 35.9 Å². The van der Waals surface area contributed by atoms with Gasteiger partial charge in [0.2, 0.25) is 0 Å². The maximum Gasteiger partial charge on any atom is 0.315 e. The van der Waals surface area contributed by atoms with E-state index in [1.165, 1.54) is 7.11 Å². The van der Waals surface area contributed by atoms with Crippen LogP contribution < -0.4 is 4.74 Å². The minimum absolute atomic E-state index is 0.0115. The van der Waals surface area contributed by atoms with Crippen LogP contribution in [0.15, 0.2) is 32.9 Å². The number of Topliss-reactive ketones (excluding diaryl/α,β-unsaturated/α-hetero) is 1. The second-order valence-electron chi connectivity index (χ2n) is 9.83. The second-order valence-corrected chi connectivity index (χ2v) is 10.7. The highest BCUT2D eigenvalue weighted by atomic mass is 79.9. The van der Waals surface area contributed by atoms with Crippen LogP contribution in [0.25, 0.3) is 0 Å². The van der Waals surface area contributed by atoms with Crippen LogP contribution in [0.4, 0.5) is 0 Å². The number of allylic oxidation sites excluding steroid dienone is 2. The highest BCUT2D eigenvalue weighted by molar-refractivity contribution is 9.10. The molecule has 1 aromatic carbocycles. The Hall–Kier alpha value is -2.19. The molecular formula is C25H30BrNO6. The van der Waals surface area contributed by atoms with Crippen molar-refractivity contribution in [1.29, 1.82) is 0 Å². The first-order chi connectivity index (χ1) is 15.6. The number of hydrogen-bond donors (Lipinski definition) is 1. The van der Waals surface area contributed by atoms with E-state index in [1.54, 1.807) is 12.1 Å². The Bertz CT molecular complexity index is 1040. The Morgan fingerprint density at radius 2 is 2.09 bits per heavy atom. The molecule has 7 nitrogen and oxygen atoms in total. The topological polar surface area (TPSA) is 94.4 Å². The standard InChI is InChI=1S/C25H30BrNO6/c1-13-20(24(30)33-12-15-6-5-7-32-15)21(14-8-16(26)23(29)19(9-14)31-4)22-17(27-13)10-25(2,3)11-18(22)28/h8-9,15,20-21,29H,5-7,10-12H2,1-4H3/t15-,20?,21-/m1/s1. The molecule has 8 heteroatoms. The third kappa shape index (κ3) is 4.73. The molecule has 0 bridgehead atoms. The van der Waals surface area contributed by atoms with Crippen molar-refractivity contribution < 1.29 is 28.9 Å². The number of hydrogen-bond acceptors (Lipinski definition) is 7. The molecule has 3 aliphatic rings. The largest absolute Gasteiger partial charge is 0.503 e. The zero-order chi connectivity index (χ0) is 23.9. The fraction of sp³-hybridized carbons (Fsp3) is 0.560. The number of nitrogens with zero attached hydrogens (tertiary/aromatic N) is 1. The molecule has 2 aliphatic heterocycles. The van der Waals surface area contributed by atoms with Crippen LogP contribution in [0.1, 0.15) is 57.9 Å². The van der Waals surface area contributed by atoms with Crippen molar-refractivity contribution in [2.24, 2.45) is 16.3 Å². The lowest BCUT2D eigenvalue weighted by molar-refractivity contribution is -0.149. The lowest BCUT2D eigenvalue weighted by Crippen LogP contribution is -2.40. The SMILES string of the molecule is COc1cc([C@H]2C3=C(CC(C)(C)CC3=O)N=C(C)C2C(=O)OC[C@H]2CCCO2)cc(Br)c1O. The van der Waals surface area contributed by atoms with E-state index < -0.39 is 17.8 Å². The molecule has 2 heterocycles. The van der Waals surface area contributed by atoms with Gasteiger partial charge in [-0.15, -0.1) is 0 Å². The average Bonchev–Trinajstić information content (AvgIpc) is 3.25. The van der Waals surface area contributed by atoms with Crippen molar-refractivity contribution in [1.82, 2.24) is 0 Å². The van der Waals surface area contributed by atoms with Crippen LogP contribution in [-0.4, -0.2) is 49.0 Å². The zero-order valence-electron chi connectivity index (χ0n) is 19.4. The Morgan fingerprint density at radius 1 is 1.33 bits per heavy atom. The molecule has 1 saturated heterocycles. The Morgan fingerprint density at radius 3 is 2.76 bits per heavy atom. The highest BCUT2D eigenvalue weighted by Gasteiger charge is 2.46. The molecule has 0 spiro atoms. The van der Waals surface area contributed by atoms with Crippen LogP contribution >= 0.6 is 15.9 Å². The first kappa shape index (κ1) is 24.0. The summed E-state index contributed by atoms with van der Waals surface area (Å²) in [5.41, 5.74) is 2.38. The quantitative estimate of drug-likeness (QED) is 0.566. The zero-order valence-corrected chi connectivity index (χ0v) is 21.0. The summed E-state index contributed by atoms with van der Waals surface area (Å²) in [6.45, 7) is 6.78. The van der Waals surface area contributed by atoms with Gasteiger partial charge in [0.1, 0.15) is 12.5 Å². The lowest BCUT2D eigenvalue weighted by Gasteiger charge is -2.39. The fourth-order valence-corrected chi connectivity index (χ4v) is 5.54. The normalized spacial score (nSPS) is 26.6. The smallest absolute Gasteiger partial charge is 0.315 e. The van der Waals surface area contributed by atoms with Gasteiger partial charge >= 0.3 is 5.97 Å². The van der Waals surface area contributed by atoms with E-state index in [0.717, 1.165) is 18.5 Å². The molecule has 1 fully saturated rings. The summed E-state index contributed by atoms with van der Waals surface area (Å²) in [6, 6.07) is 3.42. The number of aliphatic imine (C=N–C) groups is 1. The summed E-state index contributed by atoms with van der Waals surface area (Å²) in [4.78, 5) is 31.5. The van der Waals surface area contributed by atoms with Gasteiger partial charge in [-0.05, 0) is 65.2 Å². The summed E-state index contributed by atoms with van der Waals surface area (Å²) < 4.78 is 17.0. The van der Waals surface area contributed by atoms with Gasteiger partial charge in [-0.2, -0.15) is 0 Å². The summed E-state index contributed by atoms with van der Waals surface area (Å²) in [6.07, 6.45) is 2.75. The van der Waals surface area contributed by atoms with E-state index in [1.807, 2.05) is 6.92 Å². The van der Waals surface area contributed by atoms with E-state index in [2.05, 4.69) is 29.8 Å². The molecule has 33 heavy (non-hydrogen) atoms. The van der Waals surface area contributed by atoms with Crippen LogP contribution in [0.2, 0.25) is 0 Å². The number of carbonyl (C=O) groups is 2. The van der Waals surface area contributed by atoms with E-state index in [0.29, 0.717) is 40.8 Å². The molecule has 0 saturated carbocycles. The molecule has 4 rings (SSSR count). The van der Waals surface area contributed by atoms with E-state index in [4.69, 9.17) is 19.2 Å². The number of phenols is 1. The number of ketones is 1. The molecule has 1 N–H and O–H groups in total. The third-order valence-electron chi connectivity index (χ3n) is 6.62. The number of phenolic OH excluding ortho intramolecular Hbond substituents is 1. The summed E-state index contributed by atoms with van der Waals surface area (Å²) >= 11 is 3.38. The Kier molecular flexibility index (Phi) is 6.69. The molecule has 178 valence electrons. The second kappa shape index (κ2) is 9.22. The Balaban J connectivity index is 1.78. The van der Waals surface area contributed by atoms with Gasteiger partial charge in [-0.1, -0.05) is 13.8 Å². The van der Waals surface area contributed by atoms with Crippen molar-refractivity contribution in [2.45, 2.75) is 58.5 Å². The summed E-state index contributed by atoms with van der Waals surface area (Å²) in [5.74, 6) is -1.55. The molecular weight excluding hydrogens is 490 g/mol. The average molecular weight is 520 g/mol. The van der Waals surface area contributed by atoms with Crippen LogP contribution in [0.5, 0.6) is 11.5 Å². The van der Waals surface area contributed by atoms with Crippen LogP contribution in [0.3, 0.4) is 0 Å². The van der Waals surface area contributed by atoms with Gasteiger partial charge in [0.05, 0.1) is 17.7 Å². The fourth-order valence-electron chi connectivity index (χ4n) is 5.08. The van der Waals surface area contributed by atoms with Crippen molar-refractivity contribution in [3.05, 3.63) is 33.4 Å². The van der Waals surface area contributed by atoms with E-state index in [-0.39, 0.29) is 35.4 Å². The van der Waals surface area contributed by atoms with Crippen molar-refractivity contribution in [2.75, 3.05) is 20.3 Å². The first-order valence-electron chi connectivity index (χ1n) is 11.3. The van der Waals surface area contributed by atoms with Crippen molar-refractivity contribution in [3.63, 3.8) is 0 Å². The molecule has 1 aromatic rings. The summed E-state index contributed by atoms with van der Waals surface area (Å²) in [7, 11) is 1.46. The molecule has 0 amide bonds. The first-order valence-corrected chi connectivity index (χ1v) is 12.1. The monoisotopic (exact) mass is 519 g/mol. The number of rotatable bonds is 5. The van der Waals surface area contributed by atoms with Gasteiger partial charge < -0.3 is 19.3 Å². The predicted octanol–water partition coefficient (Wildman–Crippen LogP) is 4.70. The van der Waals surface area contributed by atoms with Crippen LogP contribution in [-0.2, 0) is 19.1 Å². The number of benzene rings is 1. The lowest BCUT2D eigenvalue weighted by atomic mass is 9.67. The minimum Gasteiger partial charge on any atom is -0.503 e. The minimum atomic E-state index is -0.753. The number of carbonyl (C=O) groups excluding carboxylic acids is 2. The molecule has 0 radical (unpaired) electrons.